The number of halogens is 1. The second-order valence-electron chi connectivity index (χ2n) is 6.30. The van der Waals surface area contributed by atoms with Gasteiger partial charge < -0.3 is 20.3 Å². The number of ether oxygens (including phenoxy) is 1. The number of likely N-dealkylation sites (N-methyl/N-ethyl adjacent to an activating group) is 1. The number of hydrogen-bond donors (Lipinski definition) is 2. The van der Waals surface area contributed by atoms with Gasteiger partial charge in [-0.25, -0.2) is 4.99 Å². The van der Waals surface area contributed by atoms with E-state index in [0.717, 1.165) is 36.3 Å². The number of nitrogens with zero attached hydrogens (tertiary/aromatic N) is 2. The monoisotopic (exact) mass is 446 g/mol. The van der Waals surface area contributed by atoms with E-state index >= 15 is 0 Å². The molecule has 0 spiro atoms. The molecule has 6 heteroatoms. The van der Waals surface area contributed by atoms with Crippen LogP contribution < -0.4 is 15.4 Å². The lowest BCUT2D eigenvalue weighted by Crippen LogP contribution is -2.46. The fourth-order valence-corrected chi connectivity index (χ4v) is 2.74. The quantitative estimate of drug-likeness (QED) is 0.366. The third kappa shape index (κ3) is 6.84. The van der Waals surface area contributed by atoms with Gasteiger partial charge in [0.05, 0.1) is 13.7 Å². The van der Waals surface area contributed by atoms with Crippen LogP contribution in [0.15, 0.2) is 29.3 Å². The molecule has 0 heterocycles. The maximum atomic E-state index is 5.26. The Morgan fingerprint density at radius 3 is 2.67 bits per heavy atom. The molecule has 0 bridgehead atoms. The normalized spacial score (nSPS) is 15.6. The summed E-state index contributed by atoms with van der Waals surface area (Å²) in [6.45, 7) is 4.53. The Labute approximate surface area is 163 Å². The molecule has 0 amide bonds. The first-order valence-electron chi connectivity index (χ1n) is 8.45. The van der Waals surface area contributed by atoms with E-state index in [0.29, 0.717) is 12.6 Å². The van der Waals surface area contributed by atoms with Crippen LogP contribution in [0.1, 0.15) is 25.3 Å². The number of guanidine groups is 1. The zero-order valence-corrected chi connectivity index (χ0v) is 17.5. The molecule has 1 aliphatic carbocycles. The van der Waals surface area contributed by atoms with E-state index in [-0.39, 0.29) is 24.0 Å². The second kappa shape index (κ2) is 10.8. The first-order chi connectivity index (χ1) is 11.1. The third-order valence-corrected chi connectivity index (χ3v) is 4.21. The molecule has 0 aliphatic heterocycles. The zero-order valence-electron chi connectivity index (χ0n) is 15.2. The van der Waals surface area contributed by atoms with Crippen molar-refractivity contribution in [3.05, 3.63) is 29.8 Å². The molecule has 1 aliphatic rings. The Kier molecular flexibility index (Phi) is 9.43. The van der Waals surface area contributed by atoms with Crippen LogP contribution in [0.3, 0.4) is 0 Å². The highest BCUT2D eigenvalue weighted by Crippen LogP contribution is 2.34. The van der Waals surface area contributed by atoms with Crippen molar-refractivity contribution in [1.29, 1.82) is 0 Å². The maximum Gasteiger partial charge on any atom is 0.191 e. The van der Waals surface area contributed by atoms with E-state index in [1.54, 1.807) is 7.11 Å². The summed E-state index contributed by atoms with van der Waals surface area (Å²) in [6.07, 6.45) is 2.70. The van der Waals surface area contributed by atoms with Gasteiger partial charge in [0.15, 0.2) is 5.96 Å². The molecular formula is C18H31IN4O. The lowest BCUT2D eigenvalue weighted by atomic mass is 10.1. The highest BCUT2D eigenvalue weighted by molar-refractivity contribution is 14.0. The highest BCUT2D eigenvalue weighted by Gasteiger charge is 2.32. The van der Waals surface area contributed by atoms with Crippen LogP contribution in [-0.2, 0) is 6.54 Å². The van der Waals surface area contributed by atoms with Gasteiger partial charge >= 0.3 is 0 Å². The lowest BCUT2D eigenvalue weighted by Gasteiger charge is -2.25. The van der Waals surface area contributed by atoms with Gasteiger partial charge in [0.1, 0.15) is 5.75 Å². The molecule has 24 heavy (non-hydrogen) atoms. The van der Waals surface area contributed by atoms with Crippen LogP contribution in [0.2, 0.25) is 0 Å². The molecule has 5 nitrogen and oxygen atoms in total. The molecule has 0 saturated heterocycles. The van der Waals surface area contributed by atoms with Crippen LogP contribution in [-0.4, -0.2) is 51.2 Å². The molecule has 1 aromatic carbocycles. The van der Waals surface area contributed by atoms with E-state index in [4.69, 9.17) is 9.73 Å². The molecule has 1 unspecified atom stereocenters. The molecule has 0 aromatic heterocycles. The number of nitrogens with one attached hydrogen (secondary N) is 2. The van der Waals surface area contributed by atoms with Crippen molar-refractivity contribution in [2.75, 3.05) is 34.3 Å². The van der Waals surface area contributed by atoms with Crippen molar-refractivity contribution in [1.82, 2.24) is 15.5 Å². The average Bonchev–Trinajstić information content (AvgIpc) is 3.37. The molecule has 136 valence electrons. The topological polar surface area (TPSA) is 48.9 Å². The van der Waals surface area contributed by atoms with Crippen molar-refractivity contribution in [2.45, 2.75) is 32.4 Å². The first-order valence-corrected chi connectivity index (χ1v) is 8.45. The molecule has 1 aromatic rings. The van der Waals surface area contributed by atoms with Gasteiger partial charge in [-0.05, 0) is 57.5 Å². The smallest absolute Gasteiger partial charge is 0.191 e. The molecular weight excluding hydrogens is 415 g/mol. The number of benzene rings is 1. The van der Waals surface area contributed by atoms with E-state index < -0.39 is 0 Å². The van der Waals surface area contributed by atoms with Gasteiger partial charge in [0, 0.05) is 19.1 Å². The summed E-state index contributed by atoms with van der Waals surface area (Å²) < 4.78 is 5.26. The fourth-order valence-electron chi connectivity index (χ4n) is 2.74. The number of hydrogen-bond acceptors (Lipinski definition) is 3. The molecule has 2 rings (SSSR count). The Balaban J connectivity index is 0.00000288. The standard InChI is InChI=1S/C18H30N4O.HI/c1-5-19-18(21-13-17(22(2)3)15-9-10-15)20-12-14-7-6-8-16(11-14)23-4;/h6-8,11,15,17H,5,9-10,12-13H2,1-4H3,(H2,19,20,21);1H. The summed E-state index contributed by atoms with van der Waals surface area (Å²) in [6, 6.07) is 8.63. The van der Waals surface area contributed by atoms with E-state index in [2.05, 4.69) is 42.6 Å². The number of methoxy groups -OCH3 is 1. The SMILES string of the molecule is CCNC(=NCc1cccc(OC)c1)NCC(C1CC1)N(C)C.I. The van der Waals surface area contributed by atoms with Gasteiger partial charge in [0.25, 0.3) is 0 Å². The summed E-state index contributed by atoms with van der Waals surface area (Å²) in [5, 5.41) is 6.81. The van der Waals surface area contributed by atoms with E-state index in [1.807, 2.05) is 18.2 Å². The summed E-state index contributed by atoms with van der Waals surface area (Å²) in [5.41, 5.74) is 1.15. The van der Waals surface area contributed by atoms with Crippen LogP contribution in [0, 0.1) is 5.92 Å². The van der Waals surface area contributed by atoms with Gasteiger partial charge in [-0.3, -0.25) is 0 Å². The van der Waals surface area contributed by atoms with E-state index in [1.165, 1.54) is 12.8 Å². The lowest BCUT2D eigenvalue weighted by molar-refractivity contribution is 0.264. The van der Waals surface area contributed by atoms with Crippen LogP contribution in [0.5, 0.6) is 5.75 Å². The van der Waals surface area contributed by atoms with E-state index in [9.17, 15) is 0 Å². The van der Waals surface area contributed by atoms with Crippen LogP contribution >= 0.6 is 24.0 Å². The largest absolute Gasteiger partial charge is 0.497 e. The Bertz CT molecular complexity index is 515. The minimum absolute atomic E-state index is 0. The summed E-state index contributed by atoms with van der Waals surface area (Å²) in [4.78, 5) is 7.01. The summed E-state index contributed by atoms with van der Waals surface area (Å²) in [7, 11) is 6.00. The third-order valence-electron chi connectivity index (χ3n) is 4.21. The molecule has 1 atom stereocenters. The zero-order chi connectivity index (χ0) is 16.7. The average molecular weight is 446 g/mol. The fraction of sp³-hybridized carbons (Fsp3) is 0.611. The van der Waals surface area contributed by atoms with Crippen molar-refractivity contribution < 1.29 is 4.74 Å². The maximum absolute atomic E-state index is 5.26. The van der Waals surface area contributed by atoms with Gasteiger partial charge in [0.2, 0.25) is 0 Å². The summed E-state index contributed by atoms with van der Waals surface area (Å²) in [5.74, 6) is 2.58. The molecule has 2 N–H and O–H groups in total. The van der Waals surface area contributed by atoms with Gasteiger partial charge in [-0.1, -0.05) is 12.1 Å². The minimum atomic E-state index is 0. The predicted molar refractivity (Wildman–Crippen MR) is 111 cm³/mol. The summed E-state index contributed by atoms with van der Waals surface area (Å²) >= 11 is 0. The Hall–Kier alpha value is -1.02. The van der Waals surface area contributed by atoms with Crippen LogP contribution in [0.4, 0.5) is 0 Å². The van der Waals surface area contributed by atoms with Crippen molar-refractivity contribution in [3.63, 3.8) is 0 Å². The molecule has 1 fully saturated rings. The first kappa shape index (κ1) is 21.0. The van der Waals surface area contributed by atoms with Crippen molar-refractivity contribution in [2.24, 2.45) is 10.9 Å². The Morgan fingerprint density at radius 2 is 2.08 bits per heavy atom. The molecule has 0 radical (unpaired) electrons. The second-order valence-corrected chi connectivity index (χ2v) is 6.30. The Morgan fingerprint density at radius 1 is 1.33 bits per heavy atom. The number of aliphatic imine (C=N–C) groups is 1. The predicted octanol–water partition coefficient (Wildman–Crippen LogP) is 2.71. The molecule has 1 saturated carbocycles. The van der Waals surface area contributed by atoms with Gasteiger partial charge in [-0.15, -0.1) is 24.0 Å². The van der Waals surface area contributed by atoms with Gasteiger partial charge in [-0.2, -0.15) is 0 Å². The minimum Gasteiger partial charge on any atom is -0.497 e. The van der Waals surface area contributed by atoms with Crippen molar-refractivity contribution >= 4 is 29.9 Å². The van der Waals surface area contributed by atoms with Crippen molar-refractivity contribution in [3.8, 4) is 5.75 Å². The highest BCUT2D eigenvalue weighted by atomic mass is 127. The number of rotatable bonds is 8. The van der Waals surface area contributed by atoms with Crippen LogP contribution in [0.25, 0.3) is 0 Å².